The molecule has 0 spiro atoms. The number of ether oxygens (including phenoxy) is 1. The van der Waals surface area contributed by atoms with Gasteiger partial charge in [-0.25, -0.2) is 4.79 Å². The molecule has 3 rings (SSSR count). The number of amides is 2. The summed E-state index contributed by atoms with van der Waals surface area (Å²) >= 11 is 0. The number of hydrogen-bond donors (Lipinski definition) is 3. The molecule has 5 atom stereocenters. The van der Waals surface area contributed by atoms with E-state index >= 15 is 0 Å². The Morgan fingerprint density at radius 1 is 1.00 bits per heavy atom. The van der Waals surface area contributed by atoms with Crippen LogP contribution in [0, 0.1) is 29.6 Å². The SMILES string of the molecule is C#Cc1ccc([C@H](C)NC(=O)[C@@H]2C[C@@H](O)CC2C(=O)[C@@H](NC(=O)Oc2ccccc2)C(C)(C)C)cc1. The lowest BCUT2D eigenvalue weighted by Crippen LogP contribution is -2.53. The van der Waals surface area contributed by atoms with Gasteiger partial charge in [0.05, 0.1) is 24.1 Å². The zero-order chi connectivity index (χ0) is 26.5. The van der Waals surface area contributed by atoms with Gasteiger partial charge in [-0.2, -0.15) is 0 Å². The summed E-state index contributed by atoms with van der Waals surface area (Å²) in [5.74, 6) is 0.861. The number of ketones is 1. The molecule has 1 aliphatic rings. The quantitative estimate of drug-likeness (QED) is 0.509. The van der Waals surface area contributed by atoms with Crippen molar-refractivity contribution in [3.05, 3.63) is 65.7 Å². The second-order valence-electron chi connectivity index (χ2n) is 10.4. The van der Waals surface area contributed by atoms with Crippen molar-refractivity contribution in [3.8, 4) is 18.1 Å². The normalized spacial score (nSPS) is 21.1. The zero-order valence-corrected chi connectivity index (χ0v) is 21.2. The molecule has 2 aromatic rings. The number of terminal acetylenes is 1. The maximum absolute atomic E-state index is 13.7. The first-order valence-corrected chi connectivity index (χ1v) is 12.1. The monoisotopic (exact) mass is 490 g/mol. The third-order valence-electron chi connectivity index (χ3n) is 6.54. The number of nitrogens with one attached hydrogen (secondary N) is 2. The number of Topliss-reactive ketones (excluding diaryl/α,β-unsaturated/α-hetero) is 1. The highest BCUT2D eigenvalue weighted by Gasteiger charge is 2.47. The van der Waals surface area contributed by atoms with E-state index in [4.69, 9.17) is 11.2 Å². The van der Waals surface area contributed by atoms with Crippen LogP contribution in [0.15, 0.2) is 54.6 Å². The first-order chi connectivity index (χ1) is 17.0. The van der Waals surface area contributed by atoms with Crippen molar-refractivity contribution in [1.29, 1.82) is 0 Å². The van der Waals surface area contributed by atoms with Gasteiger partial charge < -0.3 is 20.5 Å². The molecule has 2 amide bonds. The van der Waals surface area contributed by atoms with E-state index in [1.807, 2.05) is 39.8 Å². The highest BCUT2D eigenvalue weighted by atomic mass is 16.6. The summed E-state index contributed by atoms with van der Waals surface area (Å²) in [7, 11) is 0. The fourth-order valence-corrected chi connectivity index (χ4v) is 4.56. The first-order valence-electron chi connectivity index (χ1n) is 12.1. The summed E-state index contributed by atoms with van der Waals surface area (Å²) in [4.78, 5) is 39.5. The van der Waals surface area contributed by atoms with Gasteiger partial charge in [0.1, 0.15) is 5.75 Å². The number of carbonyl (C=O) groups is 3. The molecule has 1 aliphatic carbocycles. The lowest BCUT2D eigenvalue weighted by Gasteiger charge is -2.33. The predicted octanol–water partition coefficient (Wildman–Crippen LogP) is 4.00. The van der Waals surface area contributed by atoms with Gasteiger partial charge in [-0.1, -0.05) is 57.0 Å². The van der Waals surface area contributed by atoms with Crippen LogP contribution in [-0.4, -0.2) is 35.0 Å². The first kappa shape index (κ1) is 27.0. The van der Waals surface area contributed by atoms with E-state index in [0.717, 1.165) is 11.1 Å². The maximum Gasteiger partial charge on any atom is 0.413 e. The Morgan fingerprint density at radius 3 is 2.19 bits per heavy atom. The Balaban J connectivity index is 1.73. The molecular formula is C29H34N2O5. The van der Waals surface area contributed by atoms with E-state index in [0.29, 0.717) is 5.75 Å². The lowest BCUT2D eigenvalue weighted by atomic mass is 9.77. The zero-order valence-electron chi connectivity index (χ0n) is 21.2. The summed E-state index contributed by atoms with van der Waals surface area (Å²) in [5, 5.41) is 16.0. The Hall–Kier alpha value is -3.63. The minimum Gasteiger partial charge on any atom is -0.410 e. The van der Waals surface area contributed by atoms with Gasteiger partial charge in [0, 0.05) is 11.5 Å². The third kappa shape index (κ3) is 6.73. The molecule has 0 radical (unpaired) electrons. The highest BCUT2D eigenvalue weighted by Crippen LogP contribution is 2.37. The van der Waals surface area contributed by atoms with Crippen molar-refractivity contribution >= 4 is 17.8 Å². The Kier molecular flexibility index (Phi) is 8.54. The average Bonchev–Trinajstić information content (AvgIpc) is 3.24. The maximum atomic E-state index is 13.7. The van der Waals surface area contributed by atoms with E-state index < -0.39 is 35.5 Å². The van der Waals surface area contributed by atoms with Crippen molar-refractivity contribution < 1.29 is 24.2 Å². The van der Waals surface area contributed by atoms with Gasteiger partial charge in [0.15, 0.2) is 5.78 Å². The number of aliphatic hydroxyl groups is 1. The number of carbonyl (C=O) groups excluding carboxylic acids is 3. The summed E-state index contributed by atoms with van der Waals surface area (Å²) in [6, 6.07) is 14.7. The molecule has 1 saturated carbocycles. The molecule has 2 aromatic carbocycles. The van der Waals surface area contributed by atoms with Gasteiger partial charge in [-0.3, -0.25) is 9.59 Å². The van der Waals surface area contributed by atoms with Crippen LogP contribution in [0.1, 0.15) is 57.7 Å². The molecule has 7 nitrogen and oxygen atoms in total. The average molecular weight is 491 g/mol. The van der Waals surface area contributed by atoms with E-state index in [2.05, 4.69) is 16.6 Å². The van der Waals surface area contributed by atoms with Crippen LogP contribution in [0.3, 0.4) is 0 Å². The molecule has 0 aromatic heterocycles. The van der Waals surface area contributed by atoms with Crippen molar-refractivity contribution in [3.63, 3.8) is 0 Å². The van der Waals surface area contributed by atoms with Gasteiger partial charge in [0.25, 0.3) is 0 Å². The number of hydrogen-bond acceptors (Lipinski definition) is 5. The van der Waals surface area contributed by atoms with Crippen LogP contribution in [0.25, 0.3) is 0 Å². The number of aliphatic hydroxyl groups excluding tert-OH is 1. The Bertz CT molecular complexity index is 1120. The van der Waals surface area contributed by atoms with Gasteiger partial charge in [-0.05, 0) is 55.0 Å². The highest BCUT2D eigenvalue weighted by molar-refractivity contribution is 5.94. The third-order valence-corrected chi connectivity index (χ3v) is 6.54. The van der Waals surface area contributed by atoms with E-state index in [9.17, 15) is 19.5 Å². The smallest absolute Gasteiger partial charge is 0.410 e. The lowest BCUT2D eigenvalue weighted by molar-refractivity contribution is -0.135. The van der Waals surface area contributed by atoms with Crippen LogP contribution in [0.4, 0.5) is 4.79 Å². The van der Waals surface area contributed by atoms with Crippen molar-refractivity contribution in [2.45, 2.75) is 58.7 Å². The topological polar surface area (TPSA) is 105 Å². The number of rotatable bonds is 7. The molecule has 1 fully saturated rings. The number of benzene rings is 2. The van der Waals surface area contributed by atoms with Crippen LogP contribution in [0.5, 0.6) is 5.75 Å². The van der Waals surface area contributed by atoms with Gasteiger partial charge in [0.2, 0.25) is 5.91 Å². The predicted molar refractivity (Wildman–Crippen MR) is 137 cm³/mol. The fourth-order valence-electron chi connectivity index (χ4n) is 4.56. The molecule has 0 saturated heterocycles. The Labute approximate surface area is 212 Å². The largest absolute Gasteiger partial charge is 0.413 e. The molecule has 0 aliphatic heterocycles. The Morgan fingerprint density at radius 2 is 1.61 bits per heavy atom. The molecule has 7 heteroatoms. The molecule has 0 heterocycles. The number of para-hydroxylation sites is 1. The van der Waals surface area contributed by atoms with Gasteiger partial charge in [-0.15, -0.1) is 6.42 Å². The second kappa shape index (κ2) is 11.4. The van der Waals surface area contributed by atoms with E-state index in [-0.39, 0.29) is 30.6 Å². The van der Waals surface area contributed by atoms with E-state index in [1.54, 1.807) is 42.5 Å². The summed E-state index contributed by atoms with van der Waals surface area (Å²) in [6.45, 7) is 7.35. The minimum absolute atomic E-state index is 0.157. The van der Waals surface area contributed by atoms with Gasteiger partial charge >= 0.3 is 6.09 Å². The van der Waals surface area contributed by atoms with Crippen molar-refractivity contribution in [1.82, 2.24) is 10.6 Å². The standard InChI is InChI=1S/C29H34N2O5/c1-6-19-12-14-20(15-13-19)18(2)30-27(34)24-17-21(32)16-23(24)25(33)26(29(3,4)5)31-28(35)36-22-10-8-7-9-11-22/h1,7-15,18,21,23-24,26,32H,16-17H2,2-5H3,(H,30,34)(H,31,35)/t18-,21-,23?,24+,26+/m0/s1. The molecule has 0 bridgehead atoms. The molecular weight excluding hydrogens is 456 g/mol. The van der Waals surface area contributed by atoms with Crippen LogP contribution >= 0.6 is 0 Å². The van der Waals surface area contributed by atoms with Crippen molar-refractivity contribution in [2.24, 2.45) is 17.3 Å². The van der Waals surface area contributed by atoms with Crippen LogP contribution in [0.2, 0.25) is 0 Å². The summed E-state index contributed by atoms with van der Waals surface area (Å²) in [6.07, 6.45) is 4.21. The van der Waals surface area contributed by atoms with Crippen LogP contribution in [-0.2, 0) is 9.59 Å². The van der Waals surface area contributed by atoms with E-state index in [1.165, 1.54) is 0 Å². The fraction of sp³-hybridized carbons (Fsp3) is 0.414. The molecule has 3 N–H and O–H groups in total. The van der Waals surface area contributed by atoms with Crippen molar-refractivity contribution in [2.75, 3.05) is 0 Å². The molecule has 1 unspecified atom stereocenters. The molecule has 36 heavy (non-hydrogen) atoms. The van der Waals surface area contributed by atoms with Crippen LogP contribution < -0.4 is 15.4 Å². The molecule has 190 valence electrons. The summed E-state index contributed by atoms with van der Waals surface area (Å²) in [5.41, 5.74) is 0.975. The summed E-state index contributed by atoms with van der Waals surface area (Å²) < 4.78 is 5.32. The second-order valence-corrected chi connectivity index (χ2v) is 10.4. The minimum atomic E-state index is -0.909.